The predicted octanol–water partition coefficient (Wildman–Crippen LogP) is 0.885. The number of aliphatic carboxylic acids is 1. The first-order valence-electron chi connectivity index (χ1n) is 3.73. The van der Waals surface area contributed by atoms with E-state index in [9.17, 15) is 4.79 Å². The minimum absolute atomic E-state index is 0.564. The van der Waals surface area contributed by atoms with Crippen LogP contribution in [0.4, 0.5) is 0 Å². The van der Waals surface area contributed by atoms with Gasteiger partial charge in [-0.1, -0.05) is 0 Å². The van der Waals surface area contributed by atoms with Gasteiger partial charge in [-0.25, -0.2) is 0 Å². The van der Waals surface area contributed by atoms with Crippen molar-refractivity contribution in [3.63, 3.8) is 0 Å². The third kappa shape index (κ3) is 6.82. The zero-order valence-corrected chi connectivity index (χ0v) is 8.79. The van der Waals surface area contributed by atoms with Crippen LogP contribution in [0.5, 0.6) is 0 Å². The number of hydrogen-bond acceptors (Lipinski definition) is 4. The van der Waals surface area contributed by atoms with Crippen molar-refractivity contribution < 1.29 is 9.90 Å². The van der Waals surface area contributed by atoms with Gasteiger partial charge in [0.1, 0.15) is 6.04 Å². The minimum atomic E-state index is -0.902. The third-order valence-corrected chi connectivity index (χ3v) is 3.21. The van der Waals surface area contributed by atoms with E-state index in [0.717, 1.165) is 17.3 Å². The van der Waals surface area contributed by atoms with Gasteiger partial charge in [0, 0.05) is 11.5 Å². The van der Waals surface area contributed by atoms with Crippen LogP contribution >= 0.6 is 23.5 Å². The van der Waals surface area contributed by atoms with Crippen molar-refractivity contribution in [1.82, 2.24) is 0 Å². The van der Waals surface area contributed by atoms with Crippen molar-refractivity contribution in [2.24, 2.45) is 5.73 Å². The van der Waals surface area contributed by atoms with E-state index >= 15 is 0 Å². The average Bonchev–Trinajstić information content (AvgIpc) is 2.03. The standard InChI is InChI=1S/C7H15NO2S2/c1-11-4-5-12-3-2-6(8)7(9)10/h6H,2-5,8H2,1H3,(H,9,10)/t6-/m0/s1. The van der Waals surface area contributed by atoms with Gasteiger partial charge in [0.15, 0.2) is 0 Å². The first-order chi connectivity index (χ1) is 5.68. The van der Waals surface area contributed by atoms with Gasteiger partial charge in [-0.15, -0.1) is 0 Å². The molecule has 0 radical (unpaired) electrons. The Labute approximate surface area is 81.5 Å². The number of carbonyl (C=O) groups is 1. The van der Waals surface area contributed by atoms with Gasteiger partial charge in [0.05, 0.1) is 0 Å². The van der Waals surface area contributed by atoms with Crippen molar-refractivity contribution in [2.75, 3.05) is 23.5 Å². The molecule has 0 spiro atoms. The fraction of sp³-hybridized carbons (Fsp3) is 0.857. The molecule has 12 heavy (non-hydrogen) atoms. The lowest BCUT2D eigenvalue weighted by Crippen LogP contribution is -2.30. The van der Waals surface area contributed by atoms with Gasteiger partial charge in [0.2, 0.25) is 0 Å². The van der Waals surface area contributed by atoms with Gasteiger partial charge in [0.25, 0.3) is 0 Å². The molecule has 0 amide bonds. The van der Waals surface area contributed by atoms with Crippen LogP contribution in [0.3, 0.4) is 0 Å². The van der Waals surface area contributed by atoms with E-state index in [1.54, 1.807) is 23.5 Å². The van der Waals surface area contributed by atoms with Crippen molar-refractivity contribution >= 4 is 29.5 Å². The van der Waals surface area contributed by atoms with Crippen LogP contribution in [-0.2, 0) is 4.79 Å². The molecule has 0 aliphatic carbocycles. The normalized spacial score (nSPS) is 12.8. The van der Waals surface area contributed by atoms with Crippen LogP contribution < -0.4 is 5.73 Å². The van der Waals surface area contributed by atoms with Crippen molar-refractivity contribution in [3.8, 4) is 0 Å². The largest absolute Gasteiger partial charge is 0.480 e. The lowest BCUT2D eigenvalue weighted by atomic mass is 10.2. The highest BCUT2D eigenvalue weighted by molar-refractivity contribution is 8.02. The molecule has 1 atom stereocenters. The second kappa shape index (κ2) is 7.76. The molecule has 0 fully saturated rings. The Morgan fingerprint density at radius 2 is 2.17 bits per heavy atom. The van der Waals surface area contributed by atoms with Gasteiger partial charge in [-0.3, -0.25) is 4.79 Å². The molecule has 0 aliphatic heterocycles. The van der Waals surface area contributed by atoms with Crippen LogP contribution in [0.2, 0.25) is 0 Å². The van der Waals surface area contributed by atoms with E-state index in [-0.39, 0.29) is 0 Å². The molecule has 0 aromatic carbocycles. The summed E-state index contributed by atoms with van der Waals surface area (Å²) in [6.45, 7) is 0. The Morgan fingerprint density at radius 3 is 2.67 bits per heavy atom. The molecule has 0 aromatic heterocycles. The number of rotatable bonds is 7. The summed E-state index contributed by atoms with van der Waals surface area (Å²) in [6.07, 6.45) is 2.62. The number of carboxylic acids is 1. The number of carboxylic acid groups (broad SMARTS) is 1. The summed E-state index contributed by atoms with van der Waals surface area (Å²) in [7, 11) is 0. The molecule has 0 saturated heterocycles. The number of nitrogens with two attached hydrogens (primary N) is 1. The number of hydrogen-bond donors (Lipinski definition) is 2. The summed E-state index contributed by atoms with van der Waals surface area (Å²) < 4.78 is 0. The summed E-state index contributed by atoms with van der Waals surface area (Å²) in [5, 5.41) is 8.45. The Bertz CT molecular complexity index is 133. The summed E-state index contributed by atoms with van der Waals surface area (Å²) in [5.74, 6) is 2.13. The predicted molar refractivity (Wildman–Crippen MR) is 55.9 cm³/mol. The molecular formula is C7H15NO2S2. The van der Waals surface area contributed by atoms with Gasteiger partial charge < -0.3 is 10.8 Å². The molecule has 0 rings (SSSR count). The van der Waals surface area contributed by atoms with E-state index < -0.39 is 12.0 Å². The van der Waals surface area contributed by atoms with Crippen molar-refractivity contribution in [2.45, 2.75) is 12.5 Å². The van der Waals surface area contributed by atoms with E-state index in [0.29, 0.717) is 6.42 Å². The first kappa shape index (κ1) is 12.1. The smallest absolute Gasteiger partial charge is 0.320 e. The topological polar surface area (TPSA) is 63.3 Å². The molecule has 3 N–H and O–H groups in total. The summed E-state index contributed by atoms with van der Waals surface area (Å²) >= 11 is 3.56. The zero-order valence-electron chi connectivity index (χ0n) is 7.16. The molecular weight excluding hydrogens is 194 g/mol. The van der Waals surface area contributed by atoms with Crippen LogP contribution in [0, 0.1) is 0 Å². The quantitative estimate of drug-likeness (QED) is 0.610. The molecule has 0 heterocycles. The fourth-order valence-corrected chi connectivity index (χ4v) is 2.34. The SMILES string of the molecule is CSCCSCC[C@H](N)C(=O)O. The van der Waals surface area contributed by atoms with Crippen LogP contribution in [0.1, 0.15) is 6.42 Å². The monoisotopic (exact) mass is 209 g/mol. The summed E-state index contributed by atoms with van der Waals surface area (Å²) in [4.78, 5) is 10.3. The molecule has 0 saturated carbocycles. The molecule has 3 nitrogen and oxygen atoms in total. The molecule has 0 aromatic rings. The van der Waals surface area contributed by atoms with Crippen LogP contribution in [0.15, 0.2) is 0 Å². The zero-order chi connectivity index (χ0) is 9.40. The van der Waals surface area contributed by atoms with Gasteiger partial charge in [-0.2, -0.15) is 23.5 Å². The van der Waals surface area contributed by atoms with Gasteiger partial charge >= 0.3 is 5.97 Å². The second-order valence-electron chi connectivity index (χ2n) is 2.34. The molecule has 5 heteroatoms. The first-order valence-corrected chi connectivity index (χ1v) is 6.28. The van der Waals surface area contributed by atoms with E-state index in [1.807, 2.05) is 0 Å². The summed E-state index contributed by atoms with van der Waals surface area (Å²) in [5.41, 5.74) is 5.31. The molecule has 0 bridgehead atoms. The van der Waals surface area contributed by atoms with Crippen molar-refractivity contribution in [3.05, 3.63) is 0 Å². The average molecular weight is 209 g/mol. The van der Waals surface area contributed by atoms with E-state index in [2.05, 4.69) is 6.26 Å². The van der Waals surface area contributed by atoms with E-state index in [4.69, 9.17) is 10.8 Å². The highest BCUT2D eigenvalue weighted by atomic mass is 32.2. The van der Waals surface area contributed by atoms with Crippen LogP contribution in [0.25, 0.3) is 0 Å². The Kier molecular flexibility index (Phi) is 7.85. The maximum Gasteiger partial charge on any atom is 0.320 e. The van der Waals surface area contributed by atoms with Gasteiger partial charge in [-0.05, 0) is 18.4 Å². The third-order valence-electron chi connectivity index (χ3n) is 1.32. The maximum atomic E-state index is 10.3. The van der Waals surface area contributed by atoms with Crippen molar-refractivity contribution in [1.29, 1.82) is 0 Å². The molecule has 72 valence electrons. The lowest BCUT2D eigenvalue weighted by molar-refractivity contribution is -0.138. The molecule has 0 unspecified atom stereocenters. The maximum absolute atomic E-state index is 10.3. The van der Waals surface area contributed by atoms with E-state index in [1.165, 1.54) is 0 Å². The second-order valence-corrected chi connectivity index (χ2v) is 4.55. The highest BCUT2D eigenvalue weighted by Crippen LogP contribution is 2.06. The summed E-state index contributed by atoms with van der Waals surface area (Å²) in [6, 6.07) is -0.688. The number of thioether (sulfide) groups is 2. The lowest BCUT2D eigenvalue weighted by Gasteiger charge is -2.04. The highest BCUT2D eigenvalue weighted by Gasteiger charge is 2.09. The minimum Gasteiger partial charge on any atom is -0.480 e. The Hall–Kier alpha value is 0.130. The fourth-order valence-electron chi connectivity index (χ4n) is 0.578. The molecule has 0 aliphatic rings. The Balaban J connectivity index is 3.14. The van der Waals surface area contributed by atoms with Crippen LogP contribution in [-0.4, -0.2) is 40.6 Å². The Morgan fingerprint density at radius 1 is 1.50 bits per heavy atom.